The smallest absolute Gasteiger partial charge is 0.271 e. The van der Waals surface area contributed by atoms with Crippen molar-refractivity contribution in [1.82, 2.24) is 4.42 Å². The Morgan fingerprint density at radius 2 is 1.73 bits per heavy atom. The summed E-state index contributed by atoms with van der Waals surface area (Å²) in [6.45, 7) is 1.11. The van der Waals surface area contributed by atoms with Crippen molar-refractivity contribution in [2.45, 2.75) is 26.2 Å². The maximum atomic E-state index is 14.7. The van der Waals surface area contributed by atoms with E-state index in [4.69, 9.17) is 37.1 Å². The molecule has 3 aromatic rings. The minimum atomic E-state index is -1.67. The first kappa shape index (κ1) is 27.8. The van der Waals surface area contributed by atoms with E-state index in [1.54, 1.807) is 25.1 Å². The Morgan fingerprint density at radius 1 is 1.05 bits per heavy atom. The molecule has 0 aliphatic rings. The van der Waals surface area contributed by atoms with Gasteiger partial charge in [-0.1, -0.05) is 30.3 Å². The van der Waals surface area contributed by atoms with Crippen molar-refractivity contribution in [3.63, 3.8) is 0 Å². The molecular weight excluding hydrogens is 511 g/mol. The van der Waals surface area contributed by atoms with Gasteiger partial charge in [0.15, 0.2) is 6.10 Å². The number of methoxy groups -OCH3 is 1. The molecule has 0 heterocycles. The van der Waals surface area contributed by atoms with Crippen LogP contribution in [-0.2, 0) is 22.7 Å². The second-order valence-corrected chi connectivity index (χ2v) is 8.22. The largest absolute Gasteiger partial charge is 0.497 e. The summed E-state index contributed by atoms with van der Waals surface area (Å²) in [6, 6.07) is 12.4. The Hall–Kier alpha value is -3.76. The molecule has 0 bridgehead atoms. The van der Waals surface area contributed by atoms with Crippen molar-refractivity contribution in [2.24, 2.45) is 5.73 Å². The molecule has 0 aliphatic heterocycles. The van der Waals surface area contributed by atoms with Crippen LogP contribution < -0.4 is 15.2 Å². The highest BCUT2D eigenvalue weighted by Crippen LogP contribution is 2.31. The third-order valence-electron chi connectivity index (χ3n) is 5.38. The highest BCUT2D eigenvalue weighted by atomic mass is 35.5. The molecule has 1 amide bonds. The van der Waals surface area contributed by atoms with Crippen molar-refractivity contribution in [1.29, 1.82) is 5.41 Å². The van der Waals surface area contributed by atoms with Crippen LogP contribution in [0.1, 0.15) is 35.3 Å². The van der Waals surface area contributed by atoms with E-state index in [9.17, 15) is 18.0 Å². The fourth-order valence-electron chi connectivity index (χ4n) is 3.49. The van der Waals surface area contributed by atoms with E-state index in [0.29, 0.717) is 15.5 Å². The maximum Gasteiger partial charge on any atom is 0.271 e. The van der Waals surface area contributed by atoms with Crippen molar-refractivity contribution >= 4 is 23.5 Å². The van der Waals surface area contributed by atoms with Gasteiger partial charge in [-0.05, 0) is 19.1 Å². The molecule has 196 valence electrons. The second-order valence-electron chi connectivity index (χ2n) is 7.81. The molecule has 3 rings (SSSR count). The van der Waals surface area contributed by atoms with Gasteiger partial charge in [-0.2, -0.15) is 0 Å². The van der Waals surface area contributed by atoms with Crippen LogP contribution >= 0.6 is 11.8 Å². The molecule has 3 N–H and O–H groups in total. The van der Waals surface area contributed by atoms with E-state index in [1.165, 1.54) is 31.4 Å². The highest BCUT2D eigenvalue weighted by molar-refractivity contribution is 6.21. The predicted octanol–water partition coefficient (Wildman–Crippen LogP) is 5.24. The molecule has 0 saturated carbocycles. The number of carbonyl (C=O) groups excluding carboxylic acids is 1. The van der Waals surface area contributed by atoms with E-state index < -0.39 is 35.0 Å². The molecular formula is C26H25ClF3N3O4. The average molecular weight is 536 g/mol. The van der Waals surface area contributed by atoms with Crippen LogP contribution in [0.2, 0.25) is 0 Å². The number of nitrogen functional groups attached to an aromatic ring is 1. The lowest BCUT2D eigenvalue weighted by Gasteiger charge is -2.24. The lowest BCUT2D eigenvalue weighted by molar-refractivity contribution is -0.139. The number of benzene rings is 3. The second kappa shape index (κ2) is 12.5. The topological polar surface area (TPSA) is 97.9 Å². The fraction of sp³-hybridized carbons (Fsp3) is 0.231. The van der Waals surface area contributed by atoms with Crippen LogP contribution in [0.5, 0.6) is 11.5 Å². The quantitative estimate of drug-likeness (QED) is 0.199. The minimum Gasteiger partial charge on any atom is -0.497 e. The van der Waals surface area contributed by atoms with E-state index >= 15 is 0 Å². The Labute approximate surface area is 217 Å². The molecule has 0 aromatic heterocycles. The molecule has 0 fully saturated rings. The Morgan fingerprint density at radius 3 is 2.32 bits per heavy atom. The van der Waals surface area contributed by atoms with Crippen molar-refractivity contribution in [3.8, 4) is 11.5 Å². The molecule has 7 nitrogen and oxygen atoms in total. The normalized spacial score (nSPS) is 11.6. The first-order valence-corrected chi connectivity index (χ1v) is 11.4. The van der Waals surface area contributed by atoms with Crippen LogP contribution in [0.3, 0.4) is 0 Å². The zero-order valence-electron chi connectivity index (χ0n) is 20.1. The number of rotatable bonds is 11. The van der Waals surface area contributed by atoms with Gasteiger partial charge in [0.25, 0.3) is 5.91 Å². The van der Waals surface area contributed by atoms with Crippen LogP contribution in [-0.4, -0.2) is 29.9 Å². The fourth-order valence-corrected chi connectivity index (χ4v) is 3.70. The maximum absolute atomic E-state index is 14.7. The number of amidine groups is 1. The highest BCUT2D eigenvalue weighted by Gasteiger charge is 2.32. The van der Waals surface area contributed by atoms with Gasteiger partial charge >= 0.3 is 0 Å². The molecule has 1 unspecified atom stereocenters. The number of nitrogens with zero attached hydrogens (tertiary/aromatic N) is 1. The predicted molar refractivity (Wildman–Crippen MR) is 132 cm³/mol. The Kier molecular flexibility index (Phi) is 9.37. The summed E-state index contributed by atoms with van der Waals surface area (Å²) >= 11 is 6.28. The van der Waals surface area contributed by atoms with Crippen LogP contribution in [0.25, 0.3) is 0 Å². The van der Waals surface area contributed by atoms with Crippen molar-refractivity contribution in [2.75, 3.05) is 13.7 Å². The number of ether oxygens (including phenoxy) is 3. The zero-order valence-corrected chi connectivity index (χ0v) is 20.8. The summed E-state index contributed by atoms with van der Waals surface area (Å²) in [7, 11) is 1.25. The standard InChI is InChI=1S/C26H25ClF3N3O4/c1-3-36-24(23-20(29)11-18(35-2)12-21(23)30)26(34)33(27)13-16-9-8-15(25(31)32)10-22(16)37-14-17-6-4-5-7-19(17)28/h4-12,24H,3,13-14H2,1-2H3,(H3,31,32). The van der Waals surface area contributed by atoms with E-state index in [2.05, 4.69) is 0 Å². The van der Waals surface area contributed by atoms with Crippen molar-refractivity contribution in [3.05, 3.63) is 94.3 Å². The van der Waals surface area contributed by atoms with Gasteiger partial charge in [0.05, 0.1) is 19.2 Å². The van der Waals surface area contributed by atoms with Gasteiger partial charge in [0.2, 0.25) is 0 Å². The number of hydrogen-bond donors (Lipinski definition) is 2. The average Bonchev–Trinajstić information content (AvgIpc) is 2.87. The lowest BCUT2D eigenvalue weighted by atomic mass is 10.1. The van der Waals surface area contributed by atoms with Crippen LogP contribution in [0.4, 0.5) is 13.2 Å². The SMILES string of the molecule is CCOC(C(=O)N(Cl)Cc1ccc(C(=N)N)cc1OCc1ccccc1F)c1c(F)cc(OC)cc1F. The Bertz CT molecular complexity index is 1270. The van der Waals surface area contributed by atoms with E-state index in [-0.39, 0.29) is 42.7 Å². The number of nitrogens with one attached hydrogen (secondary N) is 1. The first-order chi connectivity index (χ1) is 17.7. The van der Waals surface area contributed by atoms with Gasteiger partial charge in [0, 0.05) is 47.2 Å². The minimum absolute atomic E-state index is 0.0314. The third-order valence-corrected chi connectivity index (χ3v) is 5.66. The monoisotopic (exact) mass is 535 g/mol. The number of amides is 1. The zero-order chi connectivity index (χ0) is 27.1. The van der Waals surface area contributed by atoms with Crippen molar-refractivity contribution < 1.29 is 32.2 Å². The third kappa shape index (κ3) is 6.72. The van der Waals surface area contributed by atoms with E-state index in [1.807, 2.05) is 0 Å². The number of carbonyl (C=O) groups is 1. The molecule has 3 aromatic carbocycles. The summed E-state index contributed by atoms with van der Waals surface area (Å²) in [5.41, 5.74) is 5.95. The molecule has 0 spiro atoms. The summed E-state index contributed by atoms with van der Waals surface area (Å²) in [4.78, 5) is 13.2. The molecule has 37 heavy (non-hydrogen) atoms. The van der Waals surface area contributed by atoms with E-state index in [0.717, 1.165) is 12.1 Å². The number of hydrogen-bond acceptors (Lipinski definition) is 5. The molecule has 11 heteroatoms. The Balaban J connectivity index is 1.89. The summed E-state index contributed by atoms with van der Waals surface area (Å²) < 4.78 is 60.2. The van der Waals surface area contributed by atoms with Gasteiger partial charge < -0.3 is 19.9 Å². The first-order valence-electron chi connectivity index (χ1n) is 11.1. The van der Waals surface area contributed by atoms with Crippen LogP contribution in [0, 0.1) is 22.9 Å². The summed E-state index contributed by atoms with van der Waals surface area (Å²) in [5.74, 6) is -3.58. The molecule has 0 aliphatic carbocycles. The van der Waals surface area contributed by atoms with Crippen LogP contribution in [0.15, 0.2) is 54.6 Å². The summed E-state index contributed by atoms with van der Waals surface area (Å²) in [6.07, 6.45) is -1.67. The van der Waals surface area contributed by atoms with Gasteiger partial charge in [0.1, 0.15) is 41.4 Å². The molecule has 1 atom stereocenters. The van der Waals surface area contributed by atoms with Gasteiger partial charge in [-0.3, -0.25) is 10.2 Å². The summed E-state index contributed by atoms with van der Waals surface area (Å²) in [5, 5.41) is 7.68. The van der Waals surface area contributed by atoms with Gasteiger partial charge in [-0.15, -0.1) is 0 Å². The molecule has 0 saturated heterocycles. The number of nitrogens with two attached hydrogens (primary N) is 1. The molecule has 0 radical (unpaired) electrons. The van der Waals surface area contributed by atoms with Gasteiger partial charge in [-0.25, -0.2) is 17.6 Å². The number of halogens is 4. The lowest BCUT2D eigenvalue weighted by Crippen LogP contribution is -2.30.